The number of hydrogen-bond acceptors (Lipinski definition) is 2. The van der Waals surface area contributed by atoms with Crippen LogP contribution in [0.4, 0.5) is 4.79 Å². The Morgan fingerprint density at radius 3 is 2.60 bits per heavy atom. The first-order valence-electron chi connectivity index (χ1n) is 11.0. The van der Waals surface area contributed by atoms with Gasteiger partial charge in [-0.05, 0) is 65.7 Å². The van der Waals surface area contributed by atoms with E-state index in [1.165, 1.54) is 5.57 Å². The van der Waals surface area contributed by atoms with Crippen molar-refractivity contribution >= 4 is 23.9 Å². The Hall–Kier alpha value is -1.81. The summed E-state index contributed by atoms with van der Waals surface area (Å²) < 4.78 is 0. The van der Waals surface area contributed by atoms with Gasteiger partial charge in [-0.2, -0.15) is 0 Å². The van der Waals surface area contributed by atoms with Crippen LogP contribution in [0.25, 0.3) is 0 Å². The zero-order valence-corrected chi connectivity index (χ0v) is 19.7. The van der Waals surface area contributed by atoms with Crippen LogP contribution < -0.4 is 5.32 Å². The third-order valence-corrected chi connectivity index (χ3v) is 6.94. The van der Waals surface area contributed by atoms with Crippen LogP contribution in [-0.2, 0) is 16.8 Å². The fourth-order valence-electron chi connectivity index (χ4n) is 4.78. The summed E-state index contributed by atoms with van der Waals surface area (Å²) in [5.74, 6) is 0. The lowest BCUT2D eigenvalue weighted by Crippen LogP contribution is -2.59. The third-order valence-electron chi connectivity index (χ3n) is 6.59. The highest BCUT2D eigenvalue weighted by Gasteiger charge is 2.50. The summed E-state index contributed by atoms with van der Waals surface area (Å²) in [7, 11) is 0. The minimum atomic E-state index is -0.539. The van der Waals surface area contributed by atoms with Gasteiger partial charge in [0, 0.05) is 24.2 Å². The van der Waals surface area contributed by atoms with Gasteiger partial charge in [-0.25, -0.2) is 4.79 Å². The lowest BCUT2D eigenvalue weighted by Gasteiger charge is -2.52. The molecule has 1 atom stereocenters. The lowest BCUT2D eigenvalue weighted by molar-refractivity contribution is -0.107. The number of fused-ring (bicyclic) bond motifs is 1. The smallest absolute Gasteiger partial charge is 0.322 e. The molecule has 0 radical (unpaired) electrons. The minimum Gasteiger partial charge on any atom is -0.324 e. The van der Waals surface area contributed by atoms with Gasteiger partial charge < -0.3 is 15.0 Å². The van der Waals surface area contributed by atoms with Crippen LogP contribution in [0.15, 0.2) is 30.0 Å². The first kappa shape index (κ1) is 22.9. The molecule has 5 heteroatoms. The standard InChI is InChI=1S/C25H35ClN2O2/c1-23(2,3)13-10-18-8-9-19(16-20(18)26)25-12-6-11-24(4,5)21(25)17-28(14-7-15-29)22(30)27-25/h8-9,15-17H,6-7,10-14H2,1-5H3,(H,27,30)/t25-/m1/s1. The Balaban J connectivity index is 2.00. The van der Waals surface area contributed by atoms with E-state index < -0.39 is 5.54 Å². The van der Waals surface area contributed by atoms with Crippen LogP contribution in [0.1, 0.15) is 77.8 Å². The Bertz CT molecular complexity index is 853. The van der Waals surface area contributed by atoms with E-state index in [4.69, 9.17) is 11.6 Å². The van der Waals surface area contributed by atoms with Gasteiger partial charge >= 0.3 is 6.03 Å². The molecule has 1 aromatic carbocycles. The Labute approximate surface area is 186 Å². The summed E-state index contributed by atoms with van der Waals surface area (Å²) in [6, 6.07) is 6.17. The maximum Gasteiger partial charge on any atom is 0.322 e. The highest BCUT2D eigenvalue weighted by Crippen LogP contribution is 2.52. The molecular weight excluding hydrogens is 396 g/mol. The Morgan fingerprint density at radius 2 is 1.97 bits per heavy atom. The molecule has 1 aliphatic heterocycles. The number of carbonyl (C=O) groups is 2. The molecule has 4 nitrogen and oxygen atoms in total. The third kappa shape index (κ3) is 4.59. The van der Waals surface area contributed by atoms with Gasteiger partial charge in [0.1, 0.15) is 6.29 Å². The quantitative estimate of drug-likeness (QED) is 0.544. The first-order valence-corrected chi connectivity index (χ1v) is 11.4. The number of carbonyl (C=O) groups excluding carboxylic acids is 2. The van der Waals surface area contributed by atoms with E-state index >= 15 is 0 Å². The molecule has 164 valence electrons. The molecule has 0 unspecified atom stereocenters. The summed E-state index contributed by atoms with van der Waals surface area (Å²) in [5.41, 5.74) is 3.07. The van der Waals surface area contributed by atoms with Crippen LogP contribution in [-0.4, -0.2) is 23.8 Å². The zero-order valence-electron chi connectivity index (χ0n) is 19.0. The molecule has 0 saturated heterocycles. The maximum absolute atomic E-state index is 12.9. The van der Waals surface area contributed by atoms with Crippen molar-refractivity contribution in [2.45, 2.75) is 78.7 Å². The highest BCUT2D eigenvalue weighted by molar-refractivity contribution is 6.31. The highest BCUT2D eigenvalue weighted by atomic mass is 35.5. The van der Waals surface area contributed by atoms with Crippen LogP contribution in [0, 0.1) is 10.8 Å². The average Bonchev–Trinajstić information content (AvgIpc) is 2.64. The summed E-state index contributed by atoms with van der Waals surface area (Å²) >= 11 is 6.73. The van der Waals surface area contributed by atoms with Gasteiger partial charge in [-0.1, -0.05) is 58.4 Å². The van der Waals surface area contributed by atoms with Crippen molar-refractivity contribution in [3.05, 3.63) is 46.1 Å². The van der Waals surface area contributed by atoms with E-state index in [2.05, 4.69) is 58.1 Å². The lowest BCUT2D eigenvalue weighted by atomic mass is 9.61. The summed E-state index contributed by atoms with van der Waals surface area (Å²) in [5, 5.41) is 4.08. The predicted molar refractivity (Wildman–Crippen MR) is 123 cm³/mol. The number of benzene rings is 1. The molecule has 1 heterocycles. The number of rotatable bonds is 6. The largest absolute Gasteiger partial charge is 0.324 e. The monoisotopic (exact) mass is 430 g/mol. The van der Waals surface area contributed by atoms with E-state index in [1.807, 2.05) is 6.20 Å². The van der Waals surface area contributed by atoms with E-state index in [9.17, 15) is 9.59 Å². The molecule has 1 fully saturated rings. The summed E-state index contributed by atoms with van der Waals surface area (Å²) in [6.07, 6.45) is 8.13. The normalized spacial score (nSPS) is 23.5. The van der Waals surface area contributed by atoms with Crippen LogP contribution in [0.5, 0.6) is 0 Å². The predicted octanol–water partition coefficient (Wildman–Crippen LogP) is 6.22. The maximum atomic E-state index is 12.9. The average molecular weight is 431 g/mol. The van der Waals surface area contributed by atoms with Gasteiger partial charge in [0.15, 0.2) is 0 Å². The summed E-state index contributed by atoms with van der Waals surface area (Å²) in [4.78, 5) is 25.4. The van der Waals surface area contributed by atoms with Crippen molar-refractivity contribution < 1.29 is 9.59 Å². The number of nitrogens with zero attached hydrogens (tertiary/aromatic N) is 1. The second-order valence-corrected chi connectivity index (χ2v) is 11.0. The molecule has 1 saturated carbocycles. The van der Waals surface area contributed by atoms with Gasteiger partial charge in [-0.15, -0.1) is 0 Å². The molecule has 2 amide bonds. The van der Waals surface area contributed by atoms with Gasteiger partial charge in [0.05, 0.1) is 5.54 Å². The molecule has 2 aliphatic rings. The number of nitrogens with one attached hydrogen (secondary N) is 1. The topological polar surface area (TPSA) is 49.4 Å². The second-order valence-electron chi connectivity index (χ2n) is 10.6. The molecular formula is C25H35ClN2O2. The molecule has 0 bridgehead atoms. The molecule has 0 aromatic heterocycles. The second kappa shape index (κ2) is 8.37. The van der Waals surface area contributed by atoms with Gasteiger partial charge in [-0.3, -0.25) is 0 Å². The first-order chi connectivity index (χ1) is 14.0. The number of urea groups is 1. The number of halogens is 1. The van der Waals surface area contributed by atoms with Crippen LogP contribution in [0.2, 0.25) is 5.02 Å². The van der Waals surface area contributed by atoms with Gasteiger partial charge in [0.2, 0.25) is 0 Å². The minimum absolute atomic E-state index is 0.0528. The van der Waals surface area contributed by atoms with E-state index in [0.29, 0.717) is 13.0 Å². The SMILES string of the molecule is CC(C)(C)CCc1ccc([C@]23CCCC(C)(C)C2=CN(CCC=O)C(=O)N3)cc1Cl. The molecule has 1 aliphatic carbocycles. The van der Waals surface area contributed by atoms with Crippen molar-refractivity contribution in [3.63, 3.8) is 0 Å². The van der Waals surface area contributed by atoms with Gasteiger partial charge in [0.25, 0.3) is 0 Å². The Kier molecular flexibility index (Phi) is 6.38. The van der Waals surface area contributed by atoms with Crippen molar-refractivity contribution in [2.75, 3.05) is 6.54 Å². The molecule has 0 spiro atoms. The van der Waals surface area contributed by atoms with Crippen molar-refractivity contribution in [1.82, 2.24) is 10.2 Å². The van der Waals surface area contributed by atoms with Crippen LogP contribution in [0.3, 0.4) is 0 Å². The number of aryl methyl sites for hydroxylation is 1. The van der Waals surface area contributed by atoms with E-state index in [1.54, 1.807) is 4.90 Å². The molecule has 1 aromatic rings. The molecule has 3 rings (SSSR count). The van der Waals surface area contributed by atoms with Crippen molar-refractivity contribution in [1.29, 1.82) is 0 Å². The van der Waals surface area contributed by atoms with Crippen molar-refractivity contribution in [3.8, 4) is 0 Å². The van der Waals surface area contributed by atoms with Crippen LogP contribution >= 0.6 is 11.6 Å². The molecule has 30 heavy (non-hydrogen) atoms. The number of amides is 2. The van der Waals surface area contributed by atoms with E-state index in [0.717, 1.165) is 54.5 Å². The Morgan fingerprint density at radius 1 is 1.23 bits per heavy atom. The number of hydrogen-bond donors (Lipinski definition) is 1. The van der Waals surface area contributed by atoms with Crippen molar-refractivity contribution in [2.24, 2.45) is 10.8 Å². The fraction of sp³-hybridized carbons (Fsp3) is 0.600. The summed E-state index contributed by atoms with van der Waals surface area (Å²) in [6.45, 7) is 11.6. The fourth-order valence-corrected chi connectivity index (χ4v) is 5.06. The van der Waals surface area contributed by atoms with E-state index in [-0.39, 0.29) is 16.9 Å². The number of aldehydes is 1. The molecule has 1 N–H and O–H groups in total. The zero-order chi connectivity index (χ0) is 22.2.